The Hall–Kier alpha value is -1.81. The maximum Gasteiger partial charge on any atom is 0.272 e. The van der Waals surface area contributed by atoms with Crippen molar-refractivity contribution in [3.63, 3.8) is 0 Å². The SMILES string of the molecule is CCC(CC)CCC(C)CNC(=O)c1nn(CCCCCCl)c2c1CCCc1cc(C)ccc1-2. The van der Waals surface area contributed by atoms with Gasteiger partial charge in [-0.25, -0.2) is 0 Å². The van der Waals surface area contributed by atoms with Gasteiger partial charge in [-0.3, -0.25) is 9.48 Å². The third kappa shape index (κ3) is 6.87. The number of nitrogens with zero attached hydrogens (tertiary/aromatic N) is 2. The number of fused-ring (bicyclic) bond motifs is 3. The van der Waals surface area contributed by atoms with E-state index in [9.17, 15) is 4.79 Å². The molecule has 188 valence electrons. The highest BCUT2D eigenvalue weighted by Crippen LogP contribution is 2.35. The lowest BCUT2D eigenvalue weighted by Gasteiger charge is -2.16. The van der Waals surface area contributed by atoms with Crippen LogP contribution in [0.25, 0.3) is 11.3 Å². The minimum atomic E-state index is -0.0132. The van der Waals surface area contributed by atoms with Crippen LogP contribution < -0.4 is 5.32 Å². The number of rotatable bonds is 13. The van der Waals surface area contributed by atoms with Crippen LogP contribution in [0.15, 0.2) is 18.2 Å². The van der Waals surface area contributed by atoms with E-state index >= 15 is 0 Å². The van der Waals surface area contributed by atoms with E-state index in [-0.39, 0.29) is 5.91 Å². The van der Waals surface area contributed by atoms with Crippen LogP contribution in [0.5, 0.6) is 0 Å². The van der Waals surface area contributed by atoms with Gasteiger partial charge in [0.25, 0.3) is 5.91 Å². The van der Waals surface area contributed by atoms with Gasteiger partial charge in [-0.05, 0) is 62.8 Å². The van der Waals surface area contributed by atoms with Crippen LogP contribution in [0, 0.1) is 18.8 Å². The van der Waals surface area contributed by atoms with Crippen molar-refractivity contribution in [3.05, 3.63) is 40.6 Å². The summed E-state index contributed by atoms with van der Waals surface area (Å²) in [6.07, 6.45) is 11.0. The van der Waals surface area contributed by atoms with Crippen LogP contribution in [0.1, 0.15) is 99.3 Å². The molecular weight excluding hydrogens is 442 g/mol. The third-order valence-electron chi connectivity index (χ3n) is 7.49. The van der Waals surface area contributed by atoms with Gasteiger partial charge in [0.2, 0.25) is 0 Å². The Bertz CT molecular complexity index is 932. The van der Waals surface area contributed by atoms with Crippen LogP contribution in [0.3, 0.4) is 0 Å². The van der Waals surface area contributed by atoms with Crippen molar-refractivity contribution in [1.29, 1.82) is 0 Å². The molecule has 1 unspecified atom stereocenters. The normalized spacial score (nSPS) is 13.9. The van der Waals surface area contributed by atoms with E-state index in [1.807, 2.05) is 0 Å². The quantitative estimate of drug-likeness (QED) is 0.238. The van der Waals surface area contributed by atoms with Gasteiger partial charge in [-0.2, -0.15) is 5.10 Å². The molecular formula is C29H44ClN3O. The average Bonchev–Trinajstić information content (AvgIpc) is 3.08. The predicted molar refractivity (Wildman–Crippen MR) is 144 cm³/mol. The summed E-state index contributed by atoms with van der Waals surface area (Å²) in [5.41, 5.74) is 6.83. The summed E-state index contributed by atoms with van der Waals surface area (Å²) in [6.45, 7) is 10.5. The van der Waals surface area contributed by atoms with E-state index in [1.165, 1.54) is 36.0 Å². The average molecular weight is 486 g/mol. The monoisotopic (exact) mass is 485 g/mol. The van der Waals surface area contributed by atoms with Crippen LogP contribution in [0.2, 0.25) is 0 Å². The number of aryl methyl sites for hydroxylation is 3. The first-order valence-corrected chi connectivity index (χ1v) is 14.1. The second-order valence-electron chi connectivity index (χ2n) is 10.2. The van der Waals surface area contributed by atoms with Crippen LogP contribution in [-0.4, -0.2) is 28.1 Å². The van der Waals surface area contributed by atoms with Gasteiger partial charge in [0.15, 0.2) is 5.69 Å². The first-order valence-electron chi connectivity index (χ1n) is 13.5. The van der Waals surface area contributed by atoms with Crippen molar-refractivity contribution in [3.8, 4) is 11.3 Å². The number of carbonyl (C=O) groups is 1. The zero-order valence-corrected chi connectivity index (χ0v) is 22.5. The summed E-state index contributed by atoms with van der Waals surface area (Å²) < 4.78 is 2.11. The van der Waals surface area contributed by atoms with Gasteiger partial charge in [-0.15, -0.1) is 11.6 Å². The van der Waals surface area contributed by atoms with Crippen LogP contribution in [0.4, 0.5) is 0 Å². The van der Waals surface area contributed by atoms with E-state index in [0.29, 0.717) is 24.0 Å². The molecule has 4 nitrogen and oxygen atoms in total. The number of nitrogens with one attached hydrogen (secondary N) is 1. The Morgan fingerprint density at radius 2 is 1.94 bits per heavy atom. The molecule has 0 saturated carbocycles. The Morgan fingerprint density at radius 1 is 1.15 bits per heavy atom. The van der Waals surface area contributed by atoms with Gasteiger partial charge in [0.05, 0.1) is 5.69 Å². The second kappa shape index (κ2) is 13.3. The Labute approximate surface area is 211 Å². The van der Waals surface area contributed by atoms with E-state index in [2.05, 4.69) is 55.9 Å². The van der Waals surface area contributed by atoms with E-state index in [1.54, 1.807) is 0 Å². The summed E-state index contributed by atoms with van der Waals surface area (Å²) in [4.78, 5) is 13.3. The lowest BCUT2D eigenvalue weighted by Crippen LogP contribution is -2.29. The fraction of sp³-hybridized carbons (Fsp3) is 0.655. The number of carbonyl (C=O) groups excluding carboxylic acids is 1. The lowest BCUT2D eigenvalue weighted by atomic mass is 9.93. The van der Waals surface area contributed by atoms with Gasteiger partial charge in [-0.1, -0.05) is 70.2 Å². The number of hydrogen-bond acceptors (Lipinski definition) is 2. The van der Waals surface area contributed by atoms with Gasteiger partial charge in [0.1, 0.15) is 0 Å². The minimum Gasteiger partial charge on any atom is -0.350 e. The fourth-order valence-corrected chi connectivity index (χ4v) is 5.39. The summed E-state index contributed by atoms with van der Waals surface area (Å²) in [5, 5.41) is 8.12. The van der Waals surface area contributed by atoms with Crippen molar-refractivity contribution in [2.75, 3.05) is 12.4 Å². The van der Waals surface area contributed by atoms with Crippen molar-refractivity contribution < 1.29 is 4.79 Å². The molecule has 0 bridgehead atoms. The van der Waals surface area contributed by atoms with Crippen LogP contribution in [-0.2, 0) is 19.4 Å². The molecule has 1 aromatic carbocycles. The summed E-state index contributed by atoms with van der Waals surface area (Å²) in [7, 11) is 0. The molecule has 1 aromatic heterocycles. The van der Waals surface area contributed by atoms with Crippen LogP contribution >= 0.6 is 11.6 Å². The Morgan fingerprint density at radius 3 is 2.68 bits per heavy atom. The summed E-state index contributed by atoms with van der Waals surface area (Å²) in [6, 6.07) is 6.71. The van der Waals surface area contributed by atoms with Gasteiger partial charge >= 0.3 is 0 Å². The highest BCUT2D eigenvalue weighted by atomic mass is 35.5. The first kappa shape index (κ1) is 26.8. The van der Waals surface area contributed by atoms with Crippen molar-refractivity contribution in [1.82, 2.24) is 15.1 Å². The molecule has 1 atom stereocenters. The summed E-state index contributed by atoms with van der Waals surface area (Å²) >= 11 is 5.89. The molecule has 1 aliphatic rings. The summed E-state index contributed by atoms with van der Waals surface area (Å²) in [5.74, 6) is 1.96. The zero-order chi connectivity index (χ0) is 24.5. The second-order valence-corrected chi connectivity index (χ2v) is 10.6. The van der Waals surface area contributed by atoms with Gasteiger partial charge < -0.3 is 5.32 Å². The topological polar surface area (TPSA) is 46.9 Å². The number of aromatic nitrogens is 2. The molecule has 0 saturated heterocycles. The fourth-order valence-electron chi connectivity index (χ4n) is 5.20. The van der Waals surface area contributed by atoms with E-state index < -0.39 is 0 Å². The molecule has 0 radical (unpaired) electrons. The number of alkyl halides is 1. The molecule has 1 aliphatic carbocycles. The minimum absolute atomic E-state index is 0.0132. The first-order chi connectivity index (χ1) is 16.5. The van der Waals surface area contributed by atoms with Crippen molar-refractivity contribution >= 4 is 17.5 Å². The molecule has 1 amide bonds. The maximum absolute atomic E-state index is 13.3. The smallest absolute Gasteiger partial charge is 0.272 e. The number of benzene rings is 1. The number of unbranched alkanes of at least 4 members (excludes halogenated alkanes) is 2. The van der Waals surface area contributed by atoms with Crippen molar-refractivity contribution in [2.24, 2.45) is 11.8 Å². The molecule has 5 heteroatoms. The molecule has 2 aromatic rings. The highest BCUT2D eigenvalue weighted by Gasteiger charge is 2.27. The molecule has 34 heavy (non-hydrogen) atoms. The predicted octanol–water partition coefficient (Wildman–Crippen LogP) is 7.34. The largest absolute Gasteiger partial charge is 0.350 e. The molecule has 0 spiro atoms. The lowest BCUT2D eigenvalue weighted by molar-refractivity contribution is 0.0940. The standard InChI is InChI=1S/C29H44ClN3O/c1-5-23(6-2)15-13-22(4)20-31-29(34)27-26-12-10-11-24-19-21(3)14-16-25(24)28(26)33(32-27)18-9-7-8-17-30/h14,16,19,22-23H,5-13,15,17-18,20H2,1-4H3,(H,31,34). The number of amides is 1. The highest BCUT2D eigenvalue weighted by molar-refractivity contribution is 6.17. The van der Waals surface area contributed by atoms with Crippen molar-refractivity contribution in [2.45, 2.75) is 98.4 Å². The number of halogens is 1. The third-order valence-corrected chi connectivity index (χ3v) is 7.76. The molecule has 3 rings (SSSR count). The number of hydrogen-bond donors (Lipinski definition) is 1. The van der Waals surface area contributed by atoms with E-state index in [4.69, 9.17) is 16.7 Å². The molecule has 0 aliphatic heterocycles. The Kier molecular flexibility index (Phi) is 10.5. The van der Waals surface area contributed by atoms with Gasteiger partial charge in [0, 0.05) is 30.1 Å². The molecule has 0 fully saturated rings. The van der Waals surface area contributed by atoms with E-state index in [0.717, 1.165) is 68.7 Å². The zero-order valence-electron chi connectivity index (χ0n) is 21.8. The maximum atomic E-state index is 13.3. The Balaban J connectivity index is 1.80. The molecule has 1 heterocycles. The molecule has 1 N–H and O–H groups in total.